The van der Waals surface area contributed by atoms with Crippen molar-refractivity contribution in [2.24, 2.45) is 11.7 Å². The van der Waals surface area contributed by atoms with Gasteiger partial charge in [-0.1, -0.05) is 19.1 Å². The molecule has 76 valence electrons. The summed E-state index contributed by atoms with van der Waals surface area (Å²) in [4.78, 5) is 11.8. The molecule has 3 nitrogen and oxygen atoms in total. The van der Waals surface area contributed by atoms with E-state index < -0.39 is 0 Å². The number of nitrogens with two attached hydrogens (primary N) is 1. The third-order valence-electron chi connectivity index (χ3n) is 1.90. The number of rotatable bonds is 3. The van der Waals surface area contributed by atoms with E-state index in [4.69, 9.17) is 18.0 Å². The molecule has 0 amide bonds. The van der Waals surface area contributed by atoms with Crippen molar-refractivity contribution in [2.45, 2.75) is 13.5 Å². The number of hydrogen-bond acceptors (Lipinski definition) is 2. The third kappa shape index (κ3) is 2.92. The quantitative estimate of drug-likeness (QED) is 0.851. The van der Waals surface area contributed by atoms with Crippen LogP contribution in [0.5, 0.6) is 0 Å². The third-order valence-corrected chi connectivity index (χ3v) is 2.78. The maximum atomic E-state index is 11.4. The Bertz CT molecular complexity index is 402. The molecule has 5 heteroatoms. The summed E-state index contributed by atoms with van der Waals surface area (Å²) in [7, 11) is 0. The second kappa shape index (κ2) is 4.70. The molecule has 1 aromatic rings. The van der Waals surface area contributed by atoms with Crippen LogP contribution < -0.4 is 11.3 Å². The van der Waals surface area contributed by atoms with Gasteiger partial charge in [0.1, 0.15) is 0 Å². The van der Waals surface area contributed by atoms with Crippen molar-refractivity contribution in [3.8, 4) is 0 Å². The zero-order valence-corrected chi connectivity index (χ0v) is 10.1. The maximum absolute atomic E-state index is 11.4. The van der Waals surface area contributed by atoms with Gasteiger partial charge in [-0.3, -0.25) is 4.79 Å². The van der Waals surface area contributed by atoms with E-state index >= 15 is 0 Å². The first kappa shape index (κ1) is 11.4. The Hall–Kier alpha value is -0.680. The van der Waals surface area contributed by atoms with Crippen LogP contribution in [0.4, 0.5) is 0 Å². The minimum atomic E-state index is -0.0451. The zero-order valence-electron chi connectivity index (χ0n) is 7.74. The van der Waals surface area contributed by atoms with Gasteiger partial charge in [-0.15, -0.1) is 0 Å². The van der Waals surface area contributed by atoms with Crippen LogP contribution in [-0.2, 0) is 6.54 Å². The molecule has 0 fully saturated rings. The predicted octanol–water partition coefficient (Wildman–Crippen LogP) is 1.53. The summed E-state index contributed by atoms with van der Waals surface area (Å²) >= 11 is 8.14. The molecule has 0 radical (unpaired) electrons. The monoisotopic (exact) mass is 274 g/mol. The van der Waals surface area contributed by atoms with Crippen LogP contribution in [0.3, 0.4) is 0 Å². The van der Waals surface area contributed by atoms with Crippen molar-refractivity contribution < 1.29 is 0 Å². The Morgan fingerprint density at radius 2 is 2.36 bits per heavy atom. The molecule has 0 aliphatic heterocycles. The van der Waals surface area contributed by atoms with E-state index in [1.165, 1.54) is 6.07 Å². The normalized spacial score (nSPS) is 12.4. The molecule has 1 unspecified atom stereocenters. The lowest BCUT2D eigenvalue weighted by molar-refractivity contribution is 0.580. The van der Waals surface area contributed by atoms with E-state index in [1.807, 2.05) is 6.92 Å². The molecule has 0 saturated heterocycles. The van der Waals surface area contributed by atoms with Crippen LogP contribution in [0.1, 0.15) is 6.92 Å². The first-order valence-electron chi connectivity index (χ1n) is 4.16. The van der Waals surface area contributed by atoms with Crippen LogP contribution in [0.25, 0.3) is 0 Å². The topological polar surface area (TPSA) is 48.0 Å². The lowest BCUT2D eigenvalue weighted by atomic mass is 10.2. The number of aromatic nitrogens is 1. The van der Waals surface area contributed by atoms with Crippen LogP contribution in [0.2, 0.25) is 0 Å². The Kier molecular flexibility index (Phi) is 3.83. The average Bonchev–Trinajstić information content (AvgIpc) is 2.11. The smallest absolute Gasteiger partial charge is 0.250 e. The van der Waals surface area contributed by atoms with E-state index in [1.54, 1.807) is 16.8 Å². The van der Waals surface area contributed by atoms with Gasteiger partial charge in [0.2, 0.25) is 0 Å². The summed E-state index contributed by atoms with van der Waals surface area (Å²) in [6, 6.07) is 3.22. The van der Waals surface area contributed by atoms with Crippen LogP contribution in [0.15, 0.2) is 27.6 Å². The Labute approximate surface area is 96.0 Å². The van der Waals surface area contributed by atoms with Crippen molar-refractivity contribution in [3.63, 3.8) is 0 Å². The predicted molar refractivity (Wildman–Crippen MR) is 64.4 cm³/mol. The van der Waals surface area contributed by atoms with E-state index in [9.17, 15) is 4.79 Å². The largest absolute Gasteiger partial charge is 0.393 e. The summed E-state index contributed by atoms with van der Waals surface area (Å²) in [5.74, 6) is 0.0250. The highest BCUT2D eigenvalue weighted by molar-refractivity contribution is 9.10. The maximum Gasteiger partial charge on any atom is 0.250 e. The van der Waals surface area contributed by atoms with Gasteiger partial charge in [0.15, 0.2) is 0 Å². The molecule has 2 N–H and O–H groups in total. The highest BCUT2D eigenvalue weighted by Gasteiger charge is 2.06. The molecule has 1 atom stereocenters. The lowest BCUT2D eigenvalue weighted by Gasteiger charge is -2.11. The highest BCUT2D eigenvalue weighted by atomic mass is 79.9. The first-order chi connectivity index (χ1) is 6.50. The molecular weight excluding hydrogens is 264 g/mol. The van der Waals surface area contributed by atoms with Crippen molar-refractivity contribution in [3.05, 3.63) is 33.2 Å². The fourth-order valence-corrected chi connectivity index (χ4v) is 1.48. The zero-order chi connectivity index (χ0) is 10.7. The fourth-order valence-electron chi connectivity index (χ4n) is 1.03. The molecule has 0 aliphatic carbocycles. The van der Waals surface area contributed by atoms with E-state index in [0.717, 1.165) is 4.47 Å². The highest BCUT2D eigenvalue weighted by Crippen LogP contribution is 2.06. The van der Waals surface area contributed by atoms with Crippen LogP contribution in [-0.4, -0.2) is 9.56 Å². The Morgan fingerprint density at radius 3 is 2.93 bits per heavy atom. The summed E-state index contributed by atoms with van der Waals surface area (Å²) in [5, 5.41) is 0. The molecule has 0 saturated carbocycles. The van der Waals surface area contributed by atoms with Crippen LogP contribution in [0, 0.1) is 5.92 Å². The molecule has 1 rings (SSSR count). The molecule has 1 aromatic heterocycles. The Morgan fingerprint density at radius 1 is 1.71 bits per heavy atom. The fraction of sp³-hybridized carbons (Fsp3) is 0.333. The van der Waals surface area contributed by atoms with Gasteiger partial charge in [0.05, 0.1) is 4.99 Å². The molecule has 0 aromatic carbocycles. The molecule has 14 heavy (non-hydrogen) atoms. The van der Waals surface area contributed by atoms with Gasteiger partial charge in [0, 0.05) is 29.2 Å². The van der Waals surface area contributed by atoms with Gasteiger partial charge in [-0.05, 0) is 22.0 Å². The van der Waals surface area contributed by atoms with Gasteiger partial charge in [0.25, 0.3) is 5.56 Å². The summed E-state index contributed by atoms with van der Waals surface area (Å²) in [6.45, 7) is 2.42. The van der Waals surface area contributed by atoms with Gasteiger partial charge in [-0.2, -0.15) is 0 Å². The van der Waals surface area contributed by atoms with Gasteiger partial charge < -0.3 is 10.3 Å². The minimum Gasteiger partial charge on any atom is -0.393 e. The second-order valence-electron chi connectivity index (χ2n) is 3.14. The summed E-state index contributed by atoms with van der Waals surface area (Å²) in [6.07, 6.45) is 1.73. The number of thiocarbonyl (C=S) groups is 1. The summed E-state index contributed by atoms with van der Waals surface area (Å²) < 4.78 is 2.46. The van der Waals surface area contributed by atoms with Gasteiger partial charge in [-0.25, -0.2) is 0 Å². The second-order valence-corrected chi connectivity index (χ2v) is 4.53. The Balaban J connectivity index is 2.91. The summed E-state index contributed by atoms with van der Waals surface area (Å²) in [5.41, 5.74) is 5.43. The first-order valence-corrected chi connectivity index (χ1v) is 5.36. The molecule has 0 aliphatic rings. The molecule has 0 spiro atoms. The molecular formula is C9H11BrN2OS. The van der Waals surface area contributed by atoms with E-state index in [2.05, 4.69) is 15.9 Å². The van der Waals surface area contributed by atoms with Crippen molar-refractivity contribution >= 4 is 33.1 Å². The minimum absolute atomic E-state index is 0.0250. The van der Waals surface area contributed by atoms with Crippen molar-refractivity contribution in [2.75, 3.05) is 0 Å². The number of pyridine rings is 1. The number of hydrogen-bond donors (Lipinski definition) is 1. The number of halogens is 1. The number of nitrogens with zero attached hydrogens (tertiary/aromatic N) is 1. The van der Waals surface area contributed by atoms with Gasteiger partial charge >= 0.3 is 0 Å². The van der Waals surface area contributed by atoms with E-state index in [0.29, 0.717) is 11.5 Å². The van der Waals surface area contributed by atoms with Crippen molar-refractivity contribution in [1.29, 1.82) is 0 Å². The van der Waals surface area contributed by atoms with Crippen LogP contribution >= 0.6 is 28.1 Å². The molecule has 1 heterocycles. The lowest BCUT2D eigenvalue weighted by Crippen LogP contribution is -2.28. The van der Waals surface area contributed by atoms with E-state index in [-0.39, 0.29) is 11.5 Å². The average molecular weight is 275 g/mol. The van der Waals surface area contributed by atoms with Crippen molar-refractivity contribution in [1.82, 2.24) is 4.57 Å². The SMILES string of the molecule is CC(Cn1cc(Br)ccc1=O)C(N)=S. The standard InChI is InChI=1S/C9H11BrN2OS/c1-6(9(11)14)4-12-5-7(10)2-3-8(12)13/h2-3,5-6H,4H2,1H3,(H2,11,14). The molecule has 0 bridgehead atoms.